The summed E-state index contributed by atoms with van der Waals surface area (Å²) in [5, 5.41) is 11.6. The van der Waals surface area contributed by atoms with Gasteiger partial charge in [0, 0.05) is 24.6 Å². The van der Waals surface area contributed by atoms with Crippen molar-refractivity contribution in [1.82, 2.24) is 4.90 Å². The van der Waals surface area contributed by atoms with Gasteiger partial charge in [0.05, 0.1) is 12.2 Å². The number of aryl methyl sites for hydroxylation is 1. The number of nitrogens with zero attached hydrogens (tertiary/aromatic N) is 1. The third-order valence-corrected chi connectivity index (χ3v) is 6.90. The standard InChI is InChI=1S/C24H27NO3/c26-23(18-10-11-22-17(14-18)7-5-13-28-22)25-15-19-6-4-12-24(27,21(19)16-25)20-8-2-1-3-9-20/h1-3,8-11,14,19,21,27H,4-7,12-13,15-16H2/t19-,21+,24+/m1/s1. The maximum absolute atomic E-state index is 13.2. The number of hydrogen-bond donors (Lipinski definition) is 1. The molecule has 5 rings (SSSR count). The summed E-state index contributed by atoms with van der Waals surface area (Å²) in [6.45, 7) is 2.13. The van der Waals surface area contributed by atoms with E-state index in [1.807, 2.05) is 53.4 Å². The molecule has 2 heterocycles. The van der Waals surface area contributed by atoms with E-state index in [0.29, 0.717) is 12.5 Å². The number of carbonyl (C=O) groups excluding carboxylic acids is 1. The monoisotopic (exact) mass is 377 g/mol. The highest BCUT2D eigenvalue weighted by Gasteiger charge is 2.50. The van der Waals surface area contributed by atoms with Gasteiger partial charge in [-0.3, -0.25) is 4.79 Å². The summed E-state index contributed by atoms with van der Waals surface area (Å²) in [5.74, 6) is 1.46. The molecule has 3 atom stereocenters. The van der Waals surface area contributed by atoms with E-state index < -0.39 is 5.60 Å². The third kappa shape index (κ3) is 2.91. The van der Waals surface area contributed by atoms with Crippen LogP contribution in [-0.4, -0.2) is 35.6 Å². The molecule has 1 saturated carbocycles. The predicted molar refractivity (Wildman–Crippen MR) is 107 cm³/mol. The van der Waals surface area contributed by atoms with Gasteiger partial charge in [-0.05, 0) is 67.3 Å². The molecular formula is C24H27NO3. The molecule has 1 saturated heterocycles. The molecule has 4 nitrogen and oxygen atoms in total. The third-order valence-electron chi connectivity index (χ3n) is 6.90. The number of amides is 1. The van der Waals surface area contributed by atoms with Crippen LogP contribution in [0.15, 0.2) is 48.5 Å². The molecule has 3 aliphatic rings. The Bertz CT molecular complexity index is 881. The van der Waals surface area contributed by atoms with Crippen molar-refractivity contribution in [3.8, 4) is 5.75 Å². The summed E-state index contributed by atoms with van der Waals surface area (Å²) in [4.78, 5) is 15.2. The minimum atomic E-state index is -0.830. The lowest BCUT2D eigenvalue weighted by Crippen LogP contribution is -2.42. The van der Waals surface area contributed by atoms with Gasteiger partial charge in [0.25, 0.3) is 5.91 Å². The van der Waals surface area contributed by atoms with E-state index in [-0.39, 0.29) is 11.8 Å². The second-order valence-corrected chi connectivity index (χ2v) is 8.53. The van der Waals surface area contributed by atoms with Gasteiger partial charge in [0.1, 0.15) is 5.75 Å². The molecule has 0 spiro atoms. The number of aliphatic hydroxyl groups is 1. The fourth-order valence-corrected chi connectivity index (χ4v) is 5.45. The first-order valence-corrected chi connectivity index (χ1v) is 10.5. The Hall–Kier alpha value is -2.33. The van der Waals surface area contributed by atoms with Gasteiger partial charge in [-0.1, -0.05) is 30.3 Å². The molecular weight excluding hydrogens is 350 g/mol. The van der Waals surface area contributed by atoms with Crippen LogP contribution >= 0.6 is 0 Å². The molecule has 1 amide bonds. The smallest absolute Gasteiger partial charge is 0.253 e. The lowest BCUT2D eigenvalue weighted by molar-refractivity contribution is -0.0644. The van der Waals surface area contributed by atoms with Crippen LogP contribution in [0, 0.1) is 11.8 Å². The molecule has 1 N–H and O–H groups in total. The summed E-state index contributed by atoms with van der Waals surface area (Å²) >= 11 is 0. The van der Waals surface area contributed by atoms with Crippen molar-refractivity contribution < 1.29 is 14.6 Å². The van der Waals surface area contributed by atoms with E-state index >= 15 is 0 Å². The number of rotatable bonds is 2. The number of fused-ring (bicyclic) bond motifs is 2. The Balaban J connectivity index is 1.39. The Morgan fingerprint density at radius 1 is 1.11 bits per heavy atom. The second-order valence-electron chi connectivity index (χ2n) is 8.53. The van der Waals surface area contributed by atoms with E-state index in [1.54, 1.807) is 0 Å². The van der Waals surface area contributed by atoms with Crippen LogP contribution in [0.1, 0.15) is 47.2 Å². The number of carbonyl (C=O) groups is 1. The van der Waals surface area contributed by atoms with Crippen molar-refractivity contribution in [3.05, 3.63) is 65.2 Å². The fourth-order valence-electron chi connectivity index (χ4n) is 5.45. The maximum atomic E-state index is 13.2. The molecule has 2 aromatic carbocycles. The molecule has 2 fully saturated rings. The van der Waals surface area contributed by atoms with Gasteiger partial charge in [-0.25, -0.2) is 0 Å². The number of likely N-dealkylation sites (tertiary alicyclic amines) is 1. The SMILES string of the molecule is O=C(c1ccc2c(c1)CCCO2)N1C[C@H]2CCC[C@](O)(c3ccccc3)[C@H]2C1. The summed E-state index contributed by atoms with van der Waals surface area (Å²) in [5.41, 5.74) is 2.04. The van der Waals surface area contributed by atoms with E-state index in [1.165, 1.54) is 0 Å². The molecule has 146 valence electrons. The predicted octanol–water partition coefficient (Wildman–Crippen LogP) is 3.77. The number of benzene rings is 2. The van der Waals surface area contributed by atoms with Crippen molar-refractivity contribution in [2.75, 3.05) is 19.7 Å². The van der Waals surface area contributed by atoms with E-state index in [4.69, 9.17) is 4.74 Å². The molecule has 2 aromatic rings. The van der Waals surface area contributed by atoms with Crippen molar-refractivity contribution in [3.63, 3.8) is 0 Å². The summed E-state index contributed by atoms with van der Waals surface area (Å²) in [6.07, 6.45) is 4.83. The van der Waals surface area contributed by atoms with Gasteiger partial charge in [-0.2, -0.15) is 0 Å². The Morgan fingerprint density at radius 2 is 1.96 bits per heavy atom. The van der Waals surface area contributed by atoms with Crippen LogP contribution in [0.5, 0.6) is 5.75 Å². The van der Waals surface area contributed by atoms with Gasteiger partial charge in [0.2, 0.25) is 0 Å². The van der Waals surface area contributed by atoms with Crippen molar-refractivity contribution in [1.29, 1.82) is 0 Å². The van der Waals surface area contributed by atoms with Crippen molar-refractivity contribution in [2.45, 2.75) is 37.7 Å². The lowest BCUT2D eigenvalue weighted by Gasteiger charge is -2.41. The van der Waals surface area contributed by atoms with Crippen LogP contribution in [-0.2, 0) is 12.0 Å². The molecule has 4 heteroatoms. The first-order valence-electron chi connectivity index (χ1n) is 10.5. The van der Waals surface area contributed by atoms with Crippen LogP contribution < -0.4 is 4.74 Å². The van der Waals surface area contributed by atoms with E-state index in [0.717, 1.165) is 67.7 Å². The highest BCUT2D eigenvalue weighted by molar-refractivity contribution is 5.95. The maximum Gasteiger partial charge on any atom is 0.253 e. The van der Waals surface area contributed by atoms with Gasteiger partial charge < -0.3 is 14.7 Å². The highest BCUT2D eigenvalue weighted by Crippen LogP contribution is 2.48. The average Bonchev–Trinajstić information content (AvgIpc) is 3.19. The second kappa shape index (κ2) is 6.93. The number of hydrogen-bond acceptors (Lipinski definition) is 3. The van der Waals surface area contributed by atoms with Crippen LogP contribution in [0.3, 0.4) is 0 Å². The minimum absolute atomic E-state index is 0.0817. The number of ether oxygens (including phenoxy) is 1. The van der Waals surface area contributed by atoms with Crippen molar-refractivity contribution >= 4 is 5.91 Å². The van der Waals surface area contributed by atoms with Crippen LogP contribution in [0.2, 0.25) is 0 Å². The van der Waals surface area contributed by atoms with E-state index in [2.05, 4.69) is 0 Å². The first kappa shape index (κ1) is 17.7. The summed E-state index contributed by atoms with van der Waals surface area (Å²) in [7, 11) is 0. The van der Waals surface area contributed by atoms with Crippen LogP contribution in [0.4, 0.5) is 0 Å². The molecule has 0 radical (unpaired) electrons. The Labute approximate surface area is 166 Å². The van der Waals surface area contributed by atoms with E-state index in [9.17, 15) is 9.90 Å². The molecule has 2 aliphatic heterocycles. The minimum Gasteiger partial charge on any atom is -0.493 e. The van der Waals surface area contributed by atoms with Gasteiger partial charge >= 0.3 is 0 Å². The topological polar surface area (TPSA) is 49.8 Å². The van der Waals surface area contributed by atoms with Gasteiger partial charge in [-0.15, -0.1) is 0 Å². The highest BCUT2D eigenvalue weighted by atomic mass is 16.5. The largest absolute Gasteiger partial charge is 0.493 e. The normalized spacial score (nSPS) is 29.0. The lowest BCUT2D eigenvalue weighted by atomic mass is 9.67. The Morgan fingerprint density at radius 3 is 2.82 bits per heavy atom. The molecule has 0 aromatic heterocycles. The quantitative estimate of drug-likeness (QED) is 0.867. The fraction of sp³-hybridized carbons (Fsp3) is 0.458. The van der Waals surface area contributed by atoms with Gasteiger partial charge in [0.15, 0.2) is 0 Å². The molecule has 0 unspecified atom stereocenters. The molecule has 1 aliphatic carbocycles. The summed E-state index contributed by atoms with van der Waals surface area (Å²) < 4.78 is 5.68. The van der Waals surface area contributed by atoms with Crippen molar-refractivity contribution in [2.24, 2.45) is 11.8 Å². The zero-order valence-corrected chi connectivity index (χ0v) is 16.1. The zero-order valence-electron chi connectivity index (χ0n) is 16.1. The van der Waals surface area contributed by atoms with Crippen LogP contribution in [0.25, 0.3) is 0 Å². The molecule has 0 bridgehead atoms. The molecule has 28 heavy (non-hydrogen) atoms. The zero-order chi connectivity index (χ0) is 19.1. The first-order chi connectivity index (χ1) is 13.6. The summed E-state index contributed by atoms with van der Waals surface area (Å²) in [6, 6.07) is 15.8. The average molecular weight is 377 g/mol. The Kier molecular flexibility index (Phi) is 4.39.